The zero-order chi connectivity index (χ0) is 22.7. The molecule has 2 aromatic carbocycles. The van der Waals surface area contributed by atoms with Gasteiger partial charge in [-0.15, -0.1) is 0 Å². The molecule has 0 radical (unpaired) electrons. The smallest absolute Gasteiger partial charge is 0.283 e. The first kappa shape index (κ1) is 22.1. The lowest BCUT2D eigenvalue weighted by Gasteiger charge is -2.20. The topological polar surface area (TPSA) is 69.7 Å². The van der Waals surface area contributed by atoms with Crippen molar-refractivity contribution >= 4 is 40.7 Å². The van der Waals surface area contributed by atoms with Gasteiger partial charge in [0.05, 0.1) is 5.69 Å². The first-order valence-electron chi connectivity index (χ1n) is 11.0. The van der Waals surface area contributed by atoms with E-state index in [2.05, 4.69) is 5.32 Å². The molecule has 0 aliphatic carbocycles. The van der Waals surface area contributed by atoms with Gasteiger partial charge in [-0.1, -0.05) is 49.6 Å². The molecule has 0 unspecified atom stereocenters. The lowest BCUT2D eigenvalue weighted by atomic mass is 10.1. The maximum absolute atomic E-state index is 13.1. The fraction of sp³-hybridized carbons (Fsp3) is 0.320. The maximum atomic E-state index is 13.1. The summed E-state index contributed by atoms with van der Waals surface area (Å²) in [5.41, 5.74) is 2.64. The van der Waals surface area contributed by atoms with Crippen molar-refractivity contribution in [1.29, 1.82) is 0 Å². The Morgan fingerprint density at radius 2 is 1.59 bits per heavy atom. The largest absolute Gasteiger partial charge is 0.350 e. The molecule has 1 saturated heterocycles. The standard InChI is InChI=1S/C25H26ClN3O3/c1-2-17-9-5-6-10-20(17)29-24(31)21(26)22(25(29)32)27-19-13-11-18(12-14-19)23(30)28-15-7-3-4-8-16-28/h5-6,9-14,27H,2-4,7-8,15-16H2,1H3. The summed E-state index contributed by atoms with van der Waals surface area (Å²) in [4.78, 5) is 41.6. The van der Waals surface area contributed by atoms with Crippen LogP contribution in [0.1, 0.15) is 48.5 Å². The molecule has 2 aliphatic heterocycles. The van der Waals surface area contributed by atoms with Crippen molar-refractivity contribution in [1.82, 2.24) is 4.90 Å². The van der Waals surface area contributed by atoms with Crippen LogP contribution in [0, 0.1) is 0 Å². The Balaban J connectivity index is 1.50. The number of carbonyl (C=O) groups is 3. The second kappa shape index (κ2) is 9.57. The van der Waals surface area contributed by atoms with E-state index in [1.807, 2.05) is 24.0 Å². The number of likely N-dealkylation sites (tertiary alicyclic amines) is 1. The molecule has 166 valence electrons. The van der Waals surface area contributed by atoms with E-state index >= 15 is 0 Å². The number of hydrogen-bond donors (Lipinski definition) is 1. The summed E-state index contributed by atoms with van der Waals surface area (Å²) in [6, 6.07) is 14.2. The molecule has 32 heavy (non-hydrogen) atoms. The van der Waals surface area contributed by atoms with Gasteiger partial charge in [0.15, 0.2) is 0 Å². The van der Waals surface area contributed by atoms with Crippen LogP contribution < -0.4 is 10.2 Å². The highest BCUT2D eigenvalue weighted by molar-refractivity contribution is 6.53. The monoisotopic (exact) mass is 451 g/mol. The van der Waals surface area contributed by atoms with Crippen LogP contribution in [0.25, 0.3) is 0 Å². The van der Waals surface area contributed by atoms with Crippen LogP contribution in [0.4, 0.5) is 11.4 Å². The molecule has 1 fully saturated rings. The van der Waals surface area contributed by atoms with Crippen LogP contribution in [-0.2, 0) is 16.0 Å². The molecular weight excluding hydrogens is 426 g/mol. The van der Waals surface area contributed by atoms with Gasteiger partial charge in [0.2, 0.25) is 0 Å². The molecule has 0 saturated carbocycles. The predicted octanol–water partition coefficient (Wildman–Crippen LogP) is 4.70. The van der Waals surface area contributed by atoms with Gasteiger partial charge in [-0.05, 0) is 55.2 Å². The minimum Gasteiger partial charge on any atom is -0.350 e. The van der Waals surface area contributed by atoms with Crippen LogP contribution >= 0.6 is 11.6 Å². The highest BCUT2D eigenvalue weighted by atomic mass is 35.5. The van der Waals surface area contributed by atoms with E-state index in [0.29, 0.717) is 23.4 Å². The Kier molecular flexibility index (Phi) is 6.61. The SMILES string of the molecule is CCc1ccccc1N1C(=O)C(Cl)=C(Nc2ccc(C(=O)N3CCCCCC3)cc2)C1=O. The van der Waals surface area contributed by atoms with E-state index in [0.717, 1.165) is 49.2 Å². The van der Waals surface area contributed by atoms with Gasteiger partial charge in [0, 0.05) is 24.3 Å². The number of amides is 3. The van der Waals surface area contributed by atoms with Crippen molar-refractivity contribution in [2.75, 3.05) is 23.3 Å². The van der Waals surface area contributed by atoms with E-state index in [1.165, 1.54) is 0 Å². The highest BCUT2D eigenvalue weighted by Gasteiger charge is 2.39. The van der Waals surface area contributed by atoms with Gasteiger partial charge in [-0.25, -0.2) is 4.90 Å². The van der Waals surface area contributed by atoms with Crippen molar-refractivity contribution in [2.45, 2.75) is 39.0 Å². The molecule has 4 rings (SSSR count). The number of nitrogens with zero attached hydrogens (tertiary/aromatic N) is 2. The highest BCUT2D eigenvalue weighted by Crippen LogP contribution is 2.32. The third-order valence-corrected chi connectivity index (χ3v) is 6.29. The van der Waals surface area contributed by atoms with E-state index in [-0.39, 0.29) is 16.6 Å². The zero-order valence-corrected chi connectivity index (χ0v) is 18.8. The molecule has 6 nitrogen and oxygen atoms in total. The summed E-state index contributed by atoms with van der Waals surface area (Å²) in [5.74, 6) is -1.02. The average molecular weight is 452 g/mol. The predicted molar refractivity (Wildman–Crippen MR) is 126 cm³/mol. The molecule has 7 heteroatoms. The van der Waals surface area contributed by atoms with Gasteiger partial charge in [-0.2, -0.15) is 0 Å². The van der Waals surface area contributed by atoms with Crippen molar-refractivity contribution < 1.29 is 14.4 Å². The normalized spacial score (nSPS) is 17.1. The maximum Gasteiger partial charge on any atom is 0.283 e. The van der Waals surface area contributed by atoms with Crippen LogP contribution in [-0.4, -0.2) is 35.7 Å². The summed E-state index contributed by atoms with van der Waals surface area (Å²) in [6.45, 7) is 3.53. The van der Waals surface area contributed by atoms with Crippen LogP contribution in [0.3, 0.4) is 0 Å². The van der Waals surface area contributed by atoms with Gasteiger partial charge in [-0.3, -0.25) is 14.4 Å². The number of benzene rings is 2. The fourth-order valence-corrected chi connectivity index (χ4v) is 4.37. The van der Waals surface area contributed by atoms with E-state index in [1.54, 1.807) is 36.4 Å². The van der Waals surface area contributed by atoms with Crippen LogP contribution in [0.2, 0.25) is 0 Å². The van der Waals surface area contributed by atoms with E-state index in [4.69, 9.17) is 11.6 Å². The Morgan fingerprint density at radius 3 is 2.25 bits per heavy atom. The molecule has 2 heterocycles. The lowest BCUT2D eigenvalue weighted by molar-refractivity contribution is -0.120. The number of nitrogens with one attached hydrogen (secondary N) is 1. The lowest BCUT2D eigenvalue weighted by Crippen LogP contribution is -2.33. The third kappa shape index (κ3) is 4.28. The summed E-state index contributed by atoms with van der Waals surface area (Å²) in [7, 11) is 0. The fourth-order valence-electron chi connectivity index (χ4n) is 4.15. The molecular formula is C25H26ClN3O3. The number of hydrogen-bond acceptors (Lipinski definition) is 4. The zero-order valence-electron chi connectivity index (χ0n) is 18.1. The first-order valence-corrected chi connectivity index (χ1v) is 11.4. The molecule has 2 aromatic rings. The molecule has 0 atom stereocenters. The van der Waals surface area contributed by atoms with Crippen molar-refractivity contribution in [3.8, 4) is 0 Å². The van der Waals surface area contributed by atoms with Gasteiger partial charge in [0.1, 0.15) is 10.7 Å². The Morgan fingerprint density at radius 1 is 0.938 bits per heavy atom. The summed E-state index contributed by atoms with van der Waals surface area (Å²) in [6.07, 6.45) is 5.07. The van der Waals surface area contributed by atoms with Gasteiger partial charge >= 0.3 is 0 Å². The number of para-hydroxylation sites is 1. The number of imide groups is 1. The molecule has 3 amide bonds. The van der Waals surface area contributed by atoms with Gasteiger partial charge < -0.3 is 10.2 Å². The Labute approximate surface area is 192 Å². The Hall–Kier alpha value is -3.12. The number of rotatable bonds is 5. The molecule has 0 aromatic heterocycles. The second-order valence-electron chi connectivity index (χ2n) is 8.03. The minimum absolute atomic E-state index is 0.0187. The van der Waals surface area contributed by atoms with Crippen molar-refractivity contribution in [3.63, 3.8) is 0 Å². The van der Waals surface area contributed by atoms with Crippen molar-refractivity contribution in [2.24, 2.45) is 0 Å². The summed E-state index contributed by atoms with van der Waals surface area (Å²) in [5, 5.41) is 2.83. The quantitative estimate of drug-likeness (QED) is 0.669. The van der Waals surface area contributed by atoms with Gasteiger partial charge in [0.25, 0.3) is 17.7 Å². The minimum atomic E-state index is -0.548. The third-order valence-electron chi connectivity index (χ3n) is 5.94. The molecule has 0 spiro atoms. The molecule has 0 bridgehead atoms. The molecule has 1 N–H and O–H groups in total. The number of aryl methyl sites for hydroxylation is 1. The summed E-state index contributed by atoms with van der Waals surface area (Å²) >= 11 is 6.26. The average Bonchev–Trinajstić information content (AvgIpc) is 3.02. The van der Waals surface area contributed by atoms with E-state index in [9.17, 15) is 14.4 Å². The van der Waals surface area contributed by atoms with Crippen molar-refractivity contribution in [3.05, 3.63) is 70.4 Å². The molecule has 2 aliphatic rings. The van der Waals surface area contributed by atoms with Crippen LogP contribution in [0.15, 0.2) is 59.3 Å². The van der Waals surface area contributed by atoms with E-state index < -0.39 is 11.8 Å². The summed E-state index contributed by atoms with van der Waals surface area (Å²) < 4.78 is 0. The Bertz CT molecular complexity index is 1070. The number of halogens is 1. The number of anilines is 2. The first-order chi connectivity index (χ1) is 15.5. The second-order valence-corrected chi connectivity index (χ2v) is 8.40. The number of carbonyl (C=O) groups excluding carboxylic acids is 3. The van der Waals surface area contributed by atoms with Crippen LogP contribution in [0.5, 0.6) is 0 Å².